The number of methoxy groups -OCH3 is 2. The van der Waals surface area contributed by atoms with Crippen molar-refractivity contribution in [1.29, 1.82) is 0 Å². The highest BCUT2D eigenvalue weighted by molar-refractivity contribution is 7.89. The number of hydrazone groups is 1. The lowest BCUT2D eigenvalue weighted by Crippen LogP contribution is -2.30. The van der Waals surface area contributed by atoms with Crippen LogP contribution in [-0.4, -0.2) is 51.2 Å². The highest BCUT2D eigenvalue weighted by Crippen LogP contribution is 2.29. The number of hydrogen-bond acceptors (Lipinski definition) is 8. The van der Waals surface area contributed by atoms with Crippen LogP contribution in [0.15, 0.2) is 46.4 Å². The van der Waals surface area contributed by atoms with Crippen molar-refractivity contribution in [3.8, 4) is 11.5 Å². The fourth-order valence-corrected chi connectivity index (χ4v) is 4.19. The third kappa shape index (κ3) is 5.24. The second kappa shape index (κ2) is 10.0. The number of anilines is 1. The molecule has 2 aromatic rings. The van der Waals surface area contributed by atoms with Crippen LogP contribution in [-0.2, 0) is 10.0 Å². The smallest absolute Gasteiger partial charge is 0.295 e. The molecule has 1 N–H and O–H groups in total. The Hall–Kier alpha value is -3.18. The number of hydrogen-bond donors (Lipinski definition) is 1. The topological polar surface area (TPSA) is 123 Å². The first-order valence-electron chi connectivity index (χ1n) is 9.07. The van der Waals surface area contributed by atoms with Gasteiger partial charge in [0.15, 0.2) is 0 Å². The first kappa shape index (κ1) is 23.1. The van der Waals surface area contributed by atoms with Crippen LogP contribution in [0.1, 0.15) is 19.4 Å². The van der Waals surface area contributed by atoms with Crippen molar-refractivity contribution < 1.29 is 22.8 Å². The number of sulfonamides is 1. The summed E-state index contributed by atoms with van der Waals surface area (Å²) in [6.07, 6.45) is 1.44. The molecule has 2 aromatic carbocycles. The molecule has 0 aromatic heterocycles. The molecular weight excluding hydrogens is 412 g/mol. The number of benzene rings is 2. The zero-order chi connectivity index (χ0) is 22.3. The van der Waals surface area contributed by atoms with E-state index in [9.17, 15) is 18.5 Å². The van der Waals surface area contributed by atoms with E-state index in [0.717, 1.165) is 6.07 Å². The first-order valence-corrected chi connectivity index (χ1v) is 10.5. The Balaban J connectivity index is 2.33. The quantitative estimate of drug-likeness (QED) is 0.345. The second-order valence-electron chi connectivity index (χ2n) is 6.04. The van der Waals surface area contributed by atoms with E-state index in [0.29, 0.717) is 17.1 Å². The summed E-state index contributed by atoms with van der Waals surface area (Å²) >= 11 is 0. The fraction of sp³-hybridized carbons (Fsp3) is 0.316. The van der Waals surface area contributed by atoms with Crippen molar-refractivity contribution in [3.05, 3.63) is 52.1 Å². The number of nitrogens with one attached hydrogen (secondary N) is 1. The molecule has 0 bridgehead atoms. The Bertz CT molecular complexity index is 1010. The molecule has 0 aliphatic carbocycles. The molecule has 0 unspecified atom stereocenters. The molecule has 30 heavy (non-hydrogen) atoms. The van der Waals surface area contributed by atoms with Gasteiger partial charge in [-0.05, 0) is 24.3 Å². The van der Waals surface area contributed by atoms with Gasteiger partial charge in [-0.15, -0.1) is 0 Å². The summed E-state index contributed by atoms with van der Waals surface area (Å²) in [4.78, 5) is 10.7. The largest absolute Gasteiger partial charge is 0.497 e. The third-order valence-electron chi connectivity index (χ3n) is 4.28. The molecule has 11 heteroatoms. The minimum absolute atomic E-state index is 0.0598. The minimum Gasteiger partial charge on any atom is -0.497 e. The summed E-state index contributed by atoms with van der Waals surface area (Å²) in [5.41, 5.74) is 2.89. The van der Waals surface area contributed by atoms with Gasteiger partial charge >= 0.3 is 0 Å². The van der Waals surface area contributed by atoms with Crippen LogP contribution in [0, 0.1) is 10.1 Å². The summed E-state index contributed by atoms with van der Waals surface area (Å²) < 4.78 is 36.9. The highest BCUT2D eigenvalue weighted by Gasteiger charge is 2.25. The Kier molecular flexibility index (Phi) is 7.72. The molecule has 0 spiro atoms. The maximum atomic E-state index is 12.6. The number of nitro groups is 1. The van der Waals surface area contributed by atoms with Crippen LogP contribution in [0.25, 0.3) is 0 Å². The lowest BCUT2D eigenvalue weighted by molar-refractivity contribution is -0.384. The Morgan fingerprint density at radius 2 is 1.70 bits per heavy atom. The SMILES string of the molecule is CCN(CC)S(=O)(=O)c1ccc(NN=Cc2cc(OC)cc(OC)c2)c([N+](=O)[O-])c1. The second-order valence-corrected chi connectivity index (χ2v) is 7.98. The molecule has 0 atom stereocenters. The minimum atomic E-state index is -3.82. The van der Waals surface area contributed by atoms with Gasteiger partial charge in [0.05, 0.1) is 30.3 Å². The molecule has 10 nitrogen and oxygen atoms in total. The predicted octanol–water partition coefficient (Wildman–Crippen LogP) is 3.09. The van der Waals surface area contributed by atoms with E-state index in [1.54, 1.807) is 32.0 Å². The van der Waals surface area contributed by atoms with Crippen molar-refractivity contribution >= 4 is 27.6 Å². The van der Waals surface area contributed by atoms with E-state index in [1.165, 1.54) is 36.9 Å². The van der Waals surface area contributed by atoms with Crippen LogP contribution in [0.2, 0.25) is 0 Å². The first-order chi connectivity index (χ1) is 14.3. The van der Waals surface area contributed by atoms with Crippen LogP contribution >= 0.6 is 0 Å². The van der Waals surface area contributed by atoms with Crippen LogP contribution in [0.4, 0.5) is 11.4 Å². The molecule has 0 aliphatic rings. The average molecular weight is 436 g/mol. The van der Waals surface area contributed by atoms with E-state index in [1.807, 2.05) is 0 Å². The maximum absolute atomic E-state index is 12.6. The number of nitrogens with zero attached hydrogens (tertiary/aromatic N) is 3. The van der Waals surface area contributed by atoms with E-state index in [4.69, 9.17) is 9.47 Å². The molecule has 2 rings (SSSR count). The predicted molar refractivity (Wildman–Crippen MR) is 114 cm³/mol. The fourth-order valence-electron chi connectivity index (χ4n) is 2.71. The van der Waals surface area contributed by atoms with Gasteiger partial charge in [-0.3, -0.25) is 15.5 Å². The monoisotopic (exact) mass is 436 g/mol. The summed E-state index contributed by atoms with van der Waals surface area (Å²) in [6, 6.07) is 8.78. The Morgan fingerprint density at radius 3 is 2.20 bits per heavy atom. The highest BCUT2D eigenvalue weighted by atomic mass is 32.2. The standard InChI is InChI=1S/C19H24N4O6S/c1-5-22(6-2)30(26,27)17-7-8-18(19(12-17)23(24)25)21-20-13-14-9-15(28-3)11-16(10-14)29-4/h7-13,21H,5-6H2,1-4H3. The number of rotatable bonds is 10. The normalized spacial score (nSPS) is 11.6. The summed E-state index contributed by atoms with van der Waals surface area (Å²) in [7, 11) is -0.780. The van der Waals surface area contributed by atoms with Gasteiger partial charge in [0.1, 0.15) is 17.2 Å². The van der Waals surface area contributed by atoms with E-state index in [-0.39, 0.29) is 23.7 Å². The zero-order valence-corrected chi connectivity index (χ0v) is 18.0. The van der Waals surface area contributed by atoms with Gasteiger partial charge in [0, 0.05) is 30.8 Å². The Morgan fingerprint density at radius 1 is 1.10 bits per heavy atom. The summed E-state index contributed by atoms with van der Waals surface area (Å²) in [5.74, 6) is 1.13. The van der Waals surface area contributed by atoms with Crippen LogP contribution in [0.5, 0.6) is 11.5 Å². The lowest BCUT2D eigenvalue weighted by Gasteiger charge is -2.18. The van der Waals surface area contributed by atoms with Gasteiger partial charge < -0.3 is 9.47 Å². The maximum Gasteiger partial charge on any atom is 0.295 e. The third-order valence-corrected chi connectivity index (χ3v) is 6.33. The van der Waals surface area contributed by atoms with Gasteiger partial charge in [-0.2, -0.15) is 9.41 Å². The van der Waals surface area contributed by atoms with Gasteiger partial charge in [0.2, 0.25) is 10.0 Å². The van der Waals surface area contributed by atoms with Crippen molar-refractivity contribution in [2.24, 2.45) is 5.10 Å². The zero-order valence-electron chi connectivity index (χ0n) is 17.2. The summed E-state index contributed by atoms with van der Waals surface area (Å²) in [5, 5.41) is 15.5. The average Bonchev–Trinajstić information content (AvgIpc) is 2.74. The van der Waals surface area contributed by atoms with Crippen molar-refractivity contribution in [1.82, 2.24) is 4.31 Å². The van der Waals surface area contributed by atoms with E-state index < -0.39 is 20.6 Å². The van der Waals surface area contributed by atoms with Gasteiger partial charge in [0.25, 0.3) is 5.69 Å². The van der Waals surface area contributed by atoms with Gasteiger partial charge in [-0.25, -0.2) is 8.42 Å². The summed E-state index contributed by atoms with van der Waals surface area (Å²) in [6.45, 7) is 3.93. The van der Waals surface area contributed by atoms with Crippen molar-refractivity contribution in [2.75, 3.05) is 32.7 Å². The molecule has 0 heterocycles. The molecule has 0 aliphatic heterocycles. The number of ether oxygens (including phenoxy) is 2. The molecule has 0 saturated carbocycles. The van der Waals surface area contributed by atoms with Crippen molar-refractivity contribution in [3.63, 3.8) is 0 Å². The number of nitro benzene ring substituents is 1. The molecular formula is C19H24N4O6S. The van der Waals surface area contributed by atoms with Crippen LogP contribution < -0.4 is 14.9 Å². The Labute approximate surface area is 175 Å². The van der Waals surface area contributed by atoms with Gasteiger partial charge in [-0.1, -0.05) is 13.8 Å². The molecule has 162 valence electrons. The molecule has 0 amide bonds. The van der Waals surface area contributed by atoms with Crippen LogP contribution in [0.3, 0.4) is 0 Å². The molecule has 0 saturated heterocycles. The molecule has 0 radical (unpaired) electrons. The van der Waals surface area contributed by atoms with E-state index in [2.05, 4.69) is 10.5 Å². The molecule has 0 fully saturated rings. The van der Waals surface area contributed by atoms with E-state index >= 15 is 0 Å². The lowest BCUT2D eigenvalue weighted by atomic mass is 10.2. The van der Waals surface area contributed by atoms with Crippen molar-refractivity contribution in [2.45, 2.75) is 18.7 Å².